The van der Waals surface area contributed by atoms with Crippen LogP contribution in [0.5, 0.6) is 0 Å². The van der Waals surface area contributed by atoms with Gasteiger partial charge in [-0.25, -0.2) is 0 Å². The van der Waals surface area contributed by atoms with Crippen LogP contribution in [0.25, 0.3) is 0 Å². The quantitative estimate of drug-likeness (QED) is 0.599. The van der Waals surface area contributed by atoms with E-state index in [0.29, 0.717) is 17.8 Å². The lowest BCUT2D eigenvalue weighted by Crippen LogP contribution is -2.36. The van der Waals surface area contributed by atoms with Crippen molar-refractivity contribution in [1.29, 1.82) is 0 Å². The number of carbonyl (C=O) groups excluding carboxylic acids is 1. The summed E-state index contributed by atoms with van der Waals surface area (Å²) in [5, 5.41) is 16.9. The maximum absolute atomic E-state index is 12.1. The number of nitrogens with one attached hydrogen (secondary N) is 2. The van der Waals surface area contributed by atoms with Crippen molar-refractivity contribution in [1.82, 2.24) is 5.32 Å². The van der Waals surface area contributed by atoms with Crippen LogP contribution in [0.4, 0.5) is 11.4 Å². The summed E-state index contributed by atoms with van der Waals surface area (Å²) in [7, 11) is 0. The van der Waals surface area contributed by atoms with Crippen LogP contribution in [0, 0.1) is 17.0 Å². The molecule has 0 unspecified atom stereocenters. The number of carbonyl (C=O) groups is 1. The highest BCUT2D eigenvalue weighted by atomic mass is 16.6. The van der Waals surface area contributed by atoms with E-state index in [0.717, 1.165) is 12.8 Å². The largest absolute Gasteiger partial charge is 0.376 e. The molecule has 0 spiro atoms. The molecule has 1 saturated carbocycles. The Labute approximate surface area is 146 Å². The van der Waals surface area contributed by atoms with Crippen LogP contribution in [-0.2, 0) is 10.2 Å². The Bertz CT molecular complexity index is 786. The van der Waals surface area contributed by atoms with E-state index in [-0.39, 0.29) is 23.6 Å². The van der Waals surface area contributed by atoms with E-state index in [1.165, 1.54) is 11.6 Å². The van der Waals surface area contributed by atoms with Gasteiger partial charge in [0.05, 0.1) is 11.5 Å². The standard InChI is InChI=1S/C19H21N3O3/c1-14-16(8-5-9-17(14)22(24)25)20-12-18(23)21-13-19(10-11-19)15-6-3-2-4-7-15/h2-9,20H,10-13H2,1H3,(H,21,23). The third kappa shape index (κ3) is 3.79. The number of nitrogens with zero attached hydrogens (tertiary/aromatic N) is 1. The van der Waals surface area contributed by atoms with Crippen molar-refractivity contribution < 1.29 is 9.72 Å². The first-order valence-electron chi connectivity index (χ1n) is 8.32. The van der Waals surface area contributed by atoms with E-state index >= 15 is 0 Å². The summed E-state index contributed by atoms with van der Waals surface area (Å²) in [4.78, 5) is 22.7. The maximum atomic E-state index is 12.1. The van der Waals surface area contributed by atoms with Gasteiger partial charge in [-0.05, 0) is 31.4 Å². The second kappa shape index (κ2) is 6.93. The fourth-order valence-electron chi connectivity index (χ4n) is 3.03. The van der Waals surface area contributed by atoms with Crippen LogP contribution in [0.15, 0.2) is 48.5 Å². The first kappa shape index (κ1) is 17.0. The van der Waals surface area contributed by atoms with E-state index in [1.54, 1.807) is 19.1 Å². The van der Waals surface area contributed by atoms with Gasteiger partial charge in [0.1, 0.15) is 0 Å². The van der Waals surface area contributed by atoms with Gasteiger partial charge in [0, 0.05) is 29.3 Å². The normalized spacial score (nSPS) is 14.6. The van der Waals surface area contributed by atoms with Crippen molar-refractivity contribution >= 4 is 17.3 Å². The molecule has 1 amide bonds. The van der Waals surface area contributed by atoms with Gasteiger partial charge in [0.2, 0.25) is 5.91 Å². The molecule has 0 aliphatic heterocycles. The number of hydrogen-bond acceptors (Lipinski definition) is 4. The Morgan fingerprint density at radius 3 is 2.52 bits per heavy atom. The molecular formula is C19H21N3O3. The number of rotatable bonds is 7. The first-order chi connectivity index (χ1) is 12.0. The van der Waals surface area contributed by atoms with Gasteiger partial charge in [-0.2, -0.15) is 0 Å². The molecule has 0 aromatic heterocycles. The number of nitro groups is 1. The molecule has 25 heavy (non-hydrogen) atoms. The molecule has 0 atom stereocenters. The lowest BCUT2D eigenvalue weighted by Gasteiger charge is -2.17. The molecule has 3 rings (SSSR count). The monoisotopic (exact) mass is 339 g/mol. The number of anilines is 1. The average molecular weight is 339 g/mol. The highest BCUT2D eigenvalue weighted by Crippen LogP contribution is 2.47. The van der Waals surface area contributed by atoms with E-state index in [9.17, 15) is 14.9 Å². The van der Waals surface area contributed by atoms with Crippen LogP contribution in [0.1, 0.15) is 24.0 Å². The van der Waals surface area contributed by atoms with Crippen molar-refractivity contribution in [2.45, 2.75) is 25.2 Å². The number of hydrogen-bond donors (Lipinski definition) is 2. The Hall–Kier alpha value is -2.89. The smallest absolute Gasteiger partial charge is 0.274 e. The summed E-state index contributed by atoms with van der Waals surface area (Å²) in [6.07, 6.45) is 2.16. The molecule has 1 fully saturated rings. The van der Waals surface area contributed by atoms with Crippen molar-refractivity contribution in [3.05, 3.63) is 69.8 Å². The first-order valence-corrected chi connectivity index (χ1v) is 8.32. The number of nitro benzene ring substituents is 1. The van der Waals surface area contributed by atoms with Crippen molar-refractivity contribution in [2.75, 3.05) is 18.4 Å². The van der Waals surface area contributed by atoms with Gasteiger partial charge in [-0.15, -0.1) is 0 Å². The molecule has 130 valence electrons. The predicted octanol–water partition coefficient (Wildman–Crippen LogP) is 3.16. The molecule has 2 aromatic carbocycles. The zero-order chi connectivity index (χ0) is 17.9. The summed E-state index contributed by atoms with van der Waals surface area (Å²) in [6, 6.07) is 15.0. The van der Waals surface area contributed by atoms with Gasteiger partial charge in [-0.3, -0.25) is 14.9 Å². The van der Waals surface area contributed by atoms with E-state index in [4.69, 9.17) is 0 Å². The van der Waals surface area contributed by atoms with E-state index in [2.05, 4.69) is 22.8 Å². The highest BCUT2D eigenvalue weighted by molar-refractivity contribution is 5.81. The summed E-state index contributed by atoms with van der Waals surface area (Å²) in [5.74, 6) is -0.117. The van der Waals surface area contributed by atoms with Gasteiger partial charge < -0.3 is 10.6 Å². The molecule has 1 aliphatic carbocycles. The summed E-state index contributed by atoms with van der Waals surface area (Å²) >= 11 is 0. The summed E-state index contributed by atoms with van der Waals surface area (Å²) in [6.45, 7) is 2.38. The van der Waals surface area contributed by atoms with Gasteiger partial charge in [0.25, 0.3) is 5.69 Å². The highest BCUT2D eigenvalue weighted by Gasteiger charge is 2.44. The lowest BCUT2D eigenvalue weighted by atomic mass is 9.96. The minimum Gasteiger partial charge on any atom is -0.376 e. The van der Waals surface area contributed by atoms with Gasteiger partial charge in [0.15, 0.2) is 0 Å². The van der Waals surface area contributed by atoms with Gasteiger partial charge >= 0.3 is 0 Å². The third-order valence-corrected chi connectivity index (χ3v) is 4.80. The molecule has 2 aromatic rings. The molecule has 1 aliphatic rings. The fraction of sp³-hybridized carbons (Fsp3) is 0.316. The fourth-order valence-corrected chi connectivity index (χ4v) is 3.03. The predicted molar refractivity (Wildman–Crippen MR) is 96.7 cm³/mol. The van der Waals surface area contributed by atoms with Gasteiger partial charge in [-0.1, -0.05) is 36.4 Å². The molecule has 6 heteroatoms. The molecule has 0 radical (unpaired) electrons. The molecule has 2 N–H and O–H groups in total. The zero-order valence-corrected chi connectivity index (χ0v) is 14.1. The van der Waals surface area contributed by atoms with E-state index < -0.39 is 4.92 Å². The molecule has 0 bridgehead atoms. The Morgan fingerprint density at radius 2 is 1.88 bits per heavy atom. The molecular weight excluding hydrogens is 318 g/mol. The Morgan fingerprint density at radius 1 is 1.16 bits per heavy atom. The summed E-state index contributed by atoms with van der Waals surface area (Å²) < 4.78 is 0. The Kier molecular flexibility index (Phi) is 4.70. The lowest BCUT2D eigenvalue weighted by molar-refractivity contribution is -0.385. The Balaban J connectivity index is 1.54. The molecule has 0 heterocycles. The molecule has 0 saturated heterocycles. The average Bonchev–Trinajstić information content (AvgIpc) is 3.41. The summed E-state index contributed by atoms with van der Waals surface area (Å²) in [5.41, 5.74) is 2.51. The van der Waals surface area contributed by atoms with Crippen LogP contribution in [0.2, 0.25) is 0 Å². The third-order valence-electron chi connectivity index (χ3n) is 4.80. The van der Waals surface area contributed by atoms with Crippen LogP contribution in [0.3, 0.4) is 0 Å². The zero-order valence-electron chi connectivity index (χ0n) is 14.1. The second-order valence-corrected chi connectivity index (χ2v) is 6.48. The van der Waals surface area contributed by atoms with Crippen molar-refractivity contribution in [3.8, 4) is 0 Å². The minimum absolute atomic E-state index is 0.0476. The van der Waals surface area contributed by atoms with Crippen LogP contribution >= 0.6 is 0 Å². The maximum Gasteiger partial charge on any atom is 0.274 e. The number of benzene rings is 2. The number of amides is 1. The SMILES string of the molecule is Cc1c(NCC(=O)NCC2(c3ccccc3)CC2)cccc1[N+](=O)[O-]. The van der Waals surface area contributed by atoms with Crippen molar-refractivity contribution in [2.24, 2.45) is 0 Å². The van der Waals surface area contributed by atoms with Crippen LogP contribution in [-0.4, -0.2) is 23.9 Å². The topological polar surface area (TPSA) is 84.3 Å². The minimum atomic E-state index is -0.419. The van der Waals surface area contributed by atoms with E-state index in [1.807, 2.05) is 18.2 Å². The van der Waals surface area contributed by atoms with Crippen molar-refractivity contribution in [3.63, 3.8) is 0 Å². The van der Waals surface area contributed by atoms with Crippen LogP contribution < -0.4 is 10.6 Å². The molecule has 6 nitrogen and oxygen atoms in total. The second-order valence-electron chi connectivity index (χ2n) is 6.48.